The topological polar surface area (TPSA) is 210 Å². The highest BCUT2D eigenvalue weighted by Gasteiger charge is 2.38. The van der Waals surface area contributed by atoms with Crippen LogP contribution in [0.4, 0.5) is 9.59 Å². The Morgan fingerprint density at radius 1 is 0.587 bits per heavy atom. The normalized spacial score (nSPS) is 16.0. The van der Waals surface area contributed by atoms with Crippen molar-refractivity contribution >= 4 is 47.6 Å². The molecule has 4 N–H and O–H groups in total. The minimum absolute atomic E-state index is 0.0541. The Morgan fingerprint density at radius 2 is 0.891 bits per heavy atom. The number of unbranched alkanes of at least 4 members (excludes halogenated alkanes) is 2. The molecule has 8 amide bonds. The smallest absolute Gasteiger partial charge is 0.408 e. The van der Waals surface area contributed by atoms with Crippen molar-refractivity contribution < 1.29 is 47.8 Å². The molecule has 254 valence electrons. The standard InChI is InChI=1S/C30H44N6O10/c1-29(2,3)45-27(43)33-23(25(41)31-15-7-9-17-35-19(37)11-12-20(35)38)24(34-28(44)46-30(4,5)6)26(42)32-16-8-10-18-36-21(39)13-14-22(36)40/h11-14,23-24H,7-10,15-18H2,1-6H3,(H,31,41)(H,32,42)(H,33,43)(H,34,44). The van der Waals surface area contributed by atoms with Crippen molar-refractivity contribution in [2.24, 2.45) is 0 Å². The maximum Gasteiger partial charge on any atom is 0.408 e. The highest BCUT2D eigenvalue weighted by molar-refractivity contribution is 6.13. The molecule has 2 atom stereocenters. The van der Waals surface area contributed by atoms with Gasteiger partial charge in [-0.1, -0.05) is 0 Å². The summed E-state index contributed by atoms with van der Waals surface area (Å²) in [5.74, 6) is -3.34. The highest BCUT2D eigenvalue weighted by atomic mass is 16.6. The van der Waals surface area contributed by atoms with Crippen LogP contribution in [0.25, 0.3) is 0 Å². The van der Waals surface area contributed by atoms with Gasteiger partial charge in [-0.25, -0.2) is 9.59 Å². The van der Waals surface area contributed by atoms with E-state index in [-0.39, 0.29) is 26.2 Å². The summed E-state index contributed by atoms with van der Waals surface area (Å²) in [5.41, 5.74) is -1.90. The molecule has 0 aromatic heterocycles. The summed E-state index contributed by atoms with van der Waals surface area (Å²) in [5, 5.41) is 9.96. The summed E-state index contributed by atoms with van der Waals surface area (Å²) in [7, 11) is 0. The first kappa shape index (κ1) is 37.4. The fraction of sp³-hybridized carbons (Fsp3) is 0.600. The summed E-state index contributed by atoms with van der Waals surface area (Å²) in [6.45, 7) is 10.0. The number of alkyl carbamates (subject to hydrolysis) is 2. The minimum Gasteiger partial charge on any atom is -0.444 e. The predicted octanol–water partition coefficient (Wildman–Crippen LogP) is 0.416. The van der Waals surface area contributed by atoms with E-state index in [1.165, 1.54) is 24.3 Å². The van der Waals surface area contributed by atoms with Gasteiger partial charge in [0.05, 0.1) is 0 Å². The molecule has 46 heavy (non-hydrogen) atoms. The highest BCUT2D eigenvalue weighted by Crippen LogP contribution is 2.11. The van der Waals surface area contributed by atoms with Gasteiger partial charge in [0.25, 0.3) is 23.6 Å². The van der Waals surface area contributed by atoms with E-state index >= 15 is 0 Å². The van der Waals surface area contributed by atoms with E-state index in [1.807, 2.05) is 0 Å². The summed E-state index contributed by atoms with van der Waals surface area (Å²) in [4.78, 5) is 101. The molecular formula is C30H44N6O10. The molecule has 0 spiro atoms. The lowest BCUT2D eigenvalue weighted by atomic mass is 10.1. The van der Waals surface area contributed by atoms with Gasteiger partial charge < -0.3 is 30.7 Å². The molecule has 2 aliphatic heterocycles. The molecule has 16 nitrogen and oxygen atoms in total. The Balaban J connectivity index is 2.12. The Labute approximate surface area is 267 Å². The van der Waals surface area contributed by atoms with Crippen LogP contribution in [-0.2, 0) is 38.2 Å². The number of ether oxygens (including phenoxy) is 2. The summed E-state index contributed by atoms with van der Waals surface area (Å²) in [6.07, 6.45) is 4.07. The molecule has 0 saturated carbocycles. The molecule has 16 heteroatoms. The Morgan fingerprint density at radius 3 is 1.17 bits per heavy atom. The van der Waals surface area contributed by atoms with Gasteiger partial charge in [0, 0.05) is 50.5 Å². The molecule has 0 radical (unpaired) electrons. The molecule has 2 rings (SSSR count). The number of hydrogen-bond donors (Lipinski definition) is 4. The average molecular weight is 649 g/mol. The minimum atomic E-state index is -1.65. The largest absolute Gasteiger partial charge is 0.444 e. The van der Waals surface area contributed by atoms with Gasteiger partial charge in [-0.2, -0.15) is 0 Å². The van der Waals surface area contributed by atoms with Crippen LogP contribution in [0.15, 0.2) is 24.3 Å². The molecule has 2 aliphatic rings. The maximum absolute atomic E-state index is 13.4. The lowest BCUT2D eigenvalue weighted by Gasteiger charge is -2.29. The van der Waals surface area contributed by atoms with E-state index in [9.17, 15) is 38.4 Å². The number of carbonyl (C=O) groups excluding carboxylic acids is 8. The van der Waals surface area contributed by atoms with Crippen LogP contribution in [0.3, 0.4) is 0 Å². The van der Waals surface area contributed by atoms with Gasteiger partial charge in [-0.3, -0.25) is 38.6 Å². The third-order valence-corrected chi connectivity index (χ3v) is 6.26. The van der Waals surface area contributed by atoms with Crippen molar-refractivity contribution in [1.82, 2.24) is 31.1 Å². The van der Waals surface area contributed by atoms with Crippen LogP contribution in [0.1, 0.15) is 67.2 Å². The third kappa shape index (κ3) is 12.7. The second-order valence-electron chi connectivity index (χ2n) is 12.6. The fourth-order valence-corrected chi connectivity index (χ4v) is 4.21. The van der Waals surface area contributed by atoms with E-state index in [0.29, 0.717) is 25.7 Å². The van der Waals surface area contributed by atoms with Crippen LogP contribution in [0.5, 0.6) is 0 Å². The lowest BCUT2D eigenvalue weighted by Crippen LogP contribution is -2.64. The Hall–Kier alpha value is -4.76. The molecule has 0 aromatic rings. The van der Waals surface area contributed by atoms with E-state index in [0.717, 1.165) is 9.80 Å². The van der Waals surface area contributed by atoms with E-state index in [1.54, 1.807) is 41.5 Å². The first-order valence-corrected chi connectivity index (χ1v) is 15.0. The van der Waals surface area contributed by atoms with E-state index < -0.39 is 70.9 Å². The predicted molar refractivity (Wildman–Crippen MR) is 163 cm³/mol. The van der Waals surface area contributed by atoms with Gasteiger partial charge in [0.2, 0.25) is 11.8 Å². The van der Waals surface area contributed by atoms with Crippen molar-refractivity contribution in [3.05, 3.63) is 24.3 Å². The Bertz CT molecular complexity index is 1130. The van der Waals surface area contributed by atoms with Crippen LogP contribution >= 0.6 is 0 Å². The van der Waals surface area contributed by atoms with Crippen molar-refractivity contribution in [3.8, 4) is 0 Å². The quantitative estimate of drug-likeness (QED) is 0.142. The molecule has 0 aromatic carbocycles. The number of imide groups is 2. The van der Waals surface area contributed by atoms with Gasteiger partial charge >= 0.3 is 12.2 Å². The van der Waals surface area contributed by atoms with Gasteiger partial charge in [-0.05, 0) is 67.2 Å². The Kier molecular flexibility index (Phi) is 13.4. The number of carbonyl (C=O) groups is 8. The van der Waals surface area contributed by atoms with Gasteiger partial charge in [0.1, 0.15) is 23.3 Å². The van der Waals surface area contributed by atoms with Crippen LogP contribution in [0.2, 0.25) is 0 Å². The number of nitrogens with one attached hydrogen (secondary N) is 4. The molecule has 0 saturated heterocycles. The zero-order chi connectivity index (χ0) is 34.7. The number of nitrogens with zero attached hydrogens (tertiary/aromatic N) is 2. The second kappa shape index (κ2) is 16.5. The first-order chi connectivity index (χ1) is 21.4. The third-order valence-electron chi connectivity index (χ3n) is 6.26. The molecule has 0 bridgehead atoms. The average Bonchev–Trinajstić information content (AvgIpc) is 3.42. The molecule has 0 fully saturated rings. The van der Waals surface area contributed by atoms with Crippen molar-refractivity contribution in [1.29, 1.82) is 0 Å². The fourth-order valence-electron chi connectivity index (χ4n) is 4.21. The molecular weight excluding hydrogens is 604 g/mol. The van der Waals surface area contributed by atoms with Crippen LogP contribution in [0, 0.1) is 0 Å². The zero-order valence-corrected chi connectivity index (χ0v) is 27.1. The lowest BCUT2D eigenvalue weighted by molar-refractivity contribution is -0.138. The zero-order valence-electron chi connectivity index (χ0n) is 27.1. The SMILES string of the molecule is CC(C)(C)OC(=O)NC(C(=O)NCCCCN1C(=O)C=CC1=O)C(NC(=O)OC(C)(C)C)C(=O)NCCCCN1C(=O)C=CC1=O. The van der Waals surface area contributed by atoms with Crippen molar-refractivity contribution in [3.63, 3.8) is 0 Å². The summed E-state index contributed by atoms with van der Waals surface area (Å²) < 4.78 is 10.6. The van der Waals surface area contributed by atoms with Crippen molar-refractivity contribution in [2.75, 3.05) is 26.2 Å². The number of rotatable bonds is 15. The van der Waals surface area contributed by atoms with Crippen LogP contribution < -0.4 is 21.3 Å². The maximum atomic E-state index is 13.4. The molecule has 0 aliphatic carbocycles. The van der Waals surface area contributed by atoms with Gasteiger partial charge in [0.15, 0.2) is 0 Å². The van der Waals surface area contributed by atoms with Gasteiger partial charge in [-0.15, -0.1) is 0 Å². The monoisotopic (exact) mass is 648 g/mol. The van der Waals surface area contributed by atoms with E-state index in [2.05, 4.69) is 21.3 Å². The molecule has 2 unspecified atom stereocenters. The summed E-state index contributed by atoms with van der Waals surface area (Å²) in [6, 6.07) is -3.31. The van der Waals surface area contributed by atoms with Crippen molar-refractivity contribution in [2.45, 2.75) is 90.5 Å². The van der Waals surface area contributed by atoms with E-state index in [4.69, 9.17) is 9.47 Å². The number of amides is 8. The molecule has 2 heterocycles. The summed E-state index contributed by atoms with van der Waals surface area (Å²) >= 11 is 0. The van der Waals surface area contributed by atoms with Crippen LogP contribution in [-0.4, -0.2) is 107 Å². The number of hydrogen-bond acceptors (Lipinski definition) is 10. The first-order valence-electron chi connectivity index (χ1n) is 15.0. The second-order valence-corrected chi connectivity index (χ2v) is 12.6.